The average Bonchev–Trinajstić information content (AvgIpc) is 3.10. The van der Waals surface area contributed by atoms with Gasteiger partial charge >= 0.3 is 0 Å². The molecule has 0 radical (unpaired) electrons. The minimum Gasteiger partial charge on any atom is -0.756 e. The molecule has 2 N–H and O–H groups in total. The van der Waals surface area contributed by atoms with Crippen LogP contribution in [0.5, 0.6) is 0 Å². The van der Waals surface area contributed by atoms with Gasteiger partial charge in [-0.05, 0) is 32.1 Å². The fourth-order valence-electron chi connectivity index (χ4n) is 6.61. The number of hydrogen-bond donors (Lipinski definition) is 2. The number of nitrogens with one attached hydrogen (secondary N) is 1. The molecule has 3 unspecified atom stereocenters. The lowest BCUT2D eigenvalue weighted by molar-refractivity contribution is -0.870. The first kappa shape index (κ1) is 52.2. The van der Waals surface area contributed by atoms with Gasteiger partial charge < -0.3 is 28.8 Å². The second-order valence-electron chi connectivity index (χ2n) is 16.8. The summed E-state index contributed by atoms with van der Waals surface area (Å²) in [6.45, 7) is 4.68. The Kier molecular flexibility index (Phi) is 36.3. The van der Waals surface area contributed by atoms with Gasteiger partial charge in [-0.25, -0.2) is 0 Å². The van der Waals surface area contributed by atoms with E-state index in [0.717, 1.165) is 51.4 Å². The van der Waals surface area contributed by atoms with Gasteiger partial charge in [0.25, 0.3) is 7.82 Å². The van der Waals surface area contributed by atoms with Crippen LogP contribution in [0.3, 0.4) is 0 Å². The molecule has 0 aromatic carbocycles. The predicted octanol–water partition coefficient (Wildman–Crippen LogP) is 11.7. The molecule has 0 aliphatic rings. The lowest BCUT2D eigenvalue weighted by Crippen LogP contribution is -2.46. The number of likely N-dealkylation sites (N-methyl/N-ethyl adjacent to an activating group) is 1. The number of phosphoric ester groups is 1. The van der Waals surface area contributed by atoms with Crippen molar-refractivity contribution in [2.24, 2.45) is 0 Å². The Morgan fingerprint density at radius 2 is 1.06 bits per heavy atom. The van der Waals surface area contributed by atoms with Gasteiger partial charge in [0.1, 0.15) is 13.2 Å². The van der Waals surface area contributed by atoms with E-state index in [-0.39, 0.29) is 19.1 Å². The van der Waals surface area contributed by atoms with Gasteiger partial charge in [0.05, 0.1) is 39.9 Å². The predicted molar refractivity (Wildman–Crippen MR) is 224 cm³/mol. The smallest absolute Gasteiger partial charge is 0.268 e. The van der Waals surface area contributed by atoms with Crippen molar-refractivity contribution in [3.8, 4) is 0 Å². The summed E-state index contributed by atoms with van der Waals surface area (Å²) in [5, 5.41) is 13.9. The fraction of sp³-hybridized carbons (Fsp3) is 0.932. The summed E-state index contributed by atoms with van der Waals surface area (Å²) >= 11 is 0. The fourth-order valence-corrected chi connectivity index (χ4v) is 7.33. The molecule has 0 saturated heterocycles. The average molecular weight is 773 g/mol. The second kappa shape index (κ2) is 36.9. The van der Waals surface area contributed by atoms with E-state index in [4.69, 9.17) is 9.05 Å². The maximum atomic E-state index is 12.8. The number of amides is 1. The summed E-state index contributed by atoms with van der Waals surface area (Å²) in [4.78, 5) is 25.3. The summed E-state index contributed by atoms with van der Waals surface area (Å²) in [5.41, 5.74) is 0. The minimum absolute atomic E-state index is 0.0123. The standard InChI is InChI=1S/C44H89N2O6P/c1-6-8-10-12-14-16-18-19-20-21-22-23-24-25-26-28-29-31-33-35-37-43(47)42(41-52-53(49,50)51-40-39-46(3,4)5)45-44(48)38-36-34-32-30-27-17-15-13-11-9-7-2/h13,15,42-43,47H,6-12,14,16-41H2,1-5H3,(H-,45,48,49,50)/b15-13-. The number of carbonyl (C=O) groups is 1. The molecule has 0 aromatic heterocycles. The highest BCUT2D eigenvalue weighted by Crippen LogP contribution is 2.38. The number of aliphatic hydroxyl groups excluding tert-OH is 1. The molecule has 1 amide bonds. The van der Waals surface area contributed by atoms with Crippen molar-refractivity contribution >= 4 is 13.7 Å². The van der Waals surface area contributed by atoms with Crippen LogP contribution in [0.15, 0.2) is 12.2 Å². The lowest BCUT2D eigenvalue weighted by Gasteiger charge is -2.30. The number of nitrogens with zero attached hydrogens (tertiary/aromatic N) is 1. The number of carbonyl (C=O) groups excluding carboxylic acids is 1. The van der Waals surface area contributed by atoms with E-state index in [1.165, 1.54) is 135 Å². The minimum atomic E-state index is -4.56. The van der Waals surface area contributed by atoms with Gasteiger partial charge in [-0.2, -0.15) is 0 Å². The topological polar surface area (TPSA) is 108 Å². The number of hydrogen-bond acceptors (Lipinski definition) is 6. The molecule has 316 valence electrons. The summed E-state index contributed by atoms with van der Waals surface area (Å²) in [6, 6.07) is -0.799. The SMILES string of the molecule is CCCC/C=C\CCCCCCCC(=O)NC(COP(=O)([O-])OCC[N+](C)(C)C)C(O)CCCCCCCCCCCCCCCCCCCCCC. The van der Waals surface area contributed by atoms with Crippen molar-refractivity contribution in [3.63, 3.8) is 0 Å². The van der Waals surface area contributed by atoms with Gasteiger partial charge in [-0.15, -0.1) is 0 Å². The highest BCUT2D eigenvalue weighted by atomic mass is 31.2. The van der Waals surface area contributed by atoms with Crippen LogP contribution in [-0.2, 0) is 18.4 Å². The third-order valence-electron chi connectivity index (χ3n) is 10.3. The number of quaternary nitrogens is 1. The van der Waals surface area contributed by atoms with Gasteiger partial charge in [-0.1, -0.05) is 187 Å². The first-order valence-electron chi connectivity index (χ1n) is 22.5. The van der Waals surface area contributed by atoms with E-state index in [1.807, 2.05) is 21.1 Å². The first-order valence-corrected chi connectivity index (χ1v) is 24.0. The van der Waals surface area contributed by atoms with Gasteiger partial charge in [0.15, 0.2) is 0 Å². The van der Waals surface area contributed by atoms with Crippen molar-refractivity contribution in [1.29, 1.82) is 0 Å². The molecule has 3 atom stereocenters. The molecule has 0 rings (SSSR count). The highest BCUT2D eigenvalue weighted by molar-refractivity contribution is 7.45. The zero-order chi connectivity index (χ0) is 39.3. The van der Waals surface area contributed by atoms with E-state index in [2.05, 4.69) is 31.3 Å². The maximum absolute atomic E-state index is 12.8. The Morgan fingerprint density at radius 1 is 0.642 bits per heavy atom. The zero-order valence-corrected chi connectivity index (χ0v) is 36.6. The van der Waals surface area contributed by atoms with Crippen LogP contribution in [0.2, 0.25) is 0 Å². The van der Waals surface area contributed by atoms with E-state index < -0.39 is 20.0 Å². The first-order chi connectivity index (χ1) is 25.5. The van der Waals surface area contributed by atoms with Crippen LogP contribution in [0, 0.1) is 0 Å². The molecule has 8 nitrogen and oxygen atoms in total. The molecule has 0 fully saturated rings. The Labute approximate surface area is 329 Å². The monoisotopic (exact) mass is 773 g/mol. The van der Waals surface area contributed by atoms with Crippen LogP contribution in [0.25, 0.3) is 0 Å². The molecule has 0 aromatic rings. The Morgan fingerprint density at radius 3 is 1.53 bits per heavy atom. The molecule has 0 bridgehead atoms. The van der Waals surface area contributed by atoms with Gasteiger partial charge in [0.2, 0.25) is 5.91 Å². The summed E-state index contributed by atoms with van der Waals surface area (Å²) < 4.78 is 23.2. The molecule has 53 heavy (non-hydrogen) atoms. The molecule has 0 aliphatic heterocycles. The number of rotatable bonds is 41. The van der Waals surface area contributed by atoms with Crippen LogP contribution in [-0.4, -0.2) is 68.5 Å². The molecule has 0 saturated carbocycles. The highest BCUT2D eigenvalue weighted by Gasteiger charge is 2.24. The number of aliphatic hydroxyl groups is 1. The molecule has 9 heteroatoms. The van der Waals surface area contributed by atoms with Crippen molar-refractivity contribution in [3.05, 3.63) is 12.2 Å². The number of phosphoric acid groups is 1. The summed E-state index contributed by atoms with van der Waals surface area (Å²) in [7, 11) is 1.30. The van der Waals surface area contributed by atoms with Crippen molar-refractivity contribution in [2.75, 3.05) is 40.9 Å². The molecule has 0 spiro atoms. The quantitative estimate of drug-likeness (QED) is 0.0277. The molecule has 0 aliphatic carbocycles. The third-order valence-corrected chi connectivity index (χ3v) is 11.2. The van der Waals surface area contributed by atoms with Crippen LogP contribution in [0.4, 0.5) is 0 Å². The largest absolute Gasteiger partial charge is 0.756 e. The van der Waals surface area contributed by atoms with E-state index in [0.29, 0.717) is 23.9 Å². The van der Waals surface area contributed by atoms with E-state index >= 15 is 0 Å². The lowest BCUT2D eigenvalue weighted by atomic mass is 10.0. The molecular weight excluding hydrogens is 683 g/mol. The van der Waals surface area contributed by atoms with Crippen molar-refractivity contribution in [1.82, 2.24) is 5.32 Å². The summed E-state index contributed by atoms with van der Waals surface area (Å²) in [6.07, 6.45) is 40.7. The Hall–Kier alpha value is -0.760. The normalized spacial score (nSPS) is 14.5. The summed E-state index contributed by atoms with van der Waals surface area (Å²) in [5.74, 6) is -0.174. The van der Waals surface area contributed by atoms with Gasteiger partial charge in [0, 0.05) is 6.42 Å². The molecule has 0 heterocycles. The zero-order valence-electron chi connectivity index (χ0n) is 35.7. The third kappa shape index (κ3) is 39.3. The van der Waals surface area contributed by atoms with E-state index in [9.17, 15) is 19.4 Å². The maximum Gasteiger partial charge on any atom is 0.268 e. The number of unbranched alkanes of at least 4 members (excludes halogenated alkanes) is 26. The van der Waals surface area contributed by atoms with Crippen molar-refractivity contribution < 1.29 is 32.9 Å². The molecular formula is C44H89N2O6P. The van der Waals surface area contributed by atoms with Crippen LogP contribution >= 0.6 is 7.82 Å². The van der Waals surface area contributed by atoms with Crippen LogP contribution < -0.4 is 10.2 Å². The van der Waals surface area contributed by atoms with Crippen molar-refractivity contribution in [2.45, 2.75) is 225 Å². The van der Waals surface area contributed by atoms with Gasteiger partial charge in [-0.3, -0.25) is 9.36 Å². The second-order valence-corrected chi connectivity index (χ2v) is 18.2. The Bertz CT molecular complexity index is 880. The number of allylic oxidation sites excluding steroid dienone is 2. The van der Waals surface area contributed by atoms with E-state index in [1.54, 1.807) is 0 Å². The Balaban J connectivity index is 4.27. The van der Waals surface area contributed by atoms with Crippen LogP contribution in [0.1, 0.15) is 213 Å².